The van der Waals surface area contributed by atoms with E-state index in [0.29, 0.717) is 5.02 Å². The van der Waals surface area contributed by atoms with Crippen LogP contribution >= 0.6 is 22.9 Å². The zero-order chi connectivity index (χ0) is 7.56. The normalized spacial score (nSPS) is 9.40. The highest BCUT2D eigenvalue weighted by molar-refractivity contribution is 7.14. The number of rotatable bonds is 1. The molecule has 1 amide bonds. The summed E-state index contributed by atoms with van der Waals surface area (Å²) in [6.45, 7) is 1.47. The highest BCUT2D eigenvalue weighted by atomic mass is 35.5. The first-order chi connectivity index (χ1) is 4.68. The Morgan fingerprint density at radius 1 is 1.80 bits per heavy atom. The van der Waals surface area contributed by atoms with Crippen molar-refractivity contribution in [3.05, 3.63) is 16.5 Å². The van der Waals surface area contributed by atoms with E-state index in [1.807, 2.05) is 0 Å². The minimum atomic E-state index is -0.0708. The maximum Gasteiger partial charge on any atom is 0.221 e. The fraction of sp³-hybridized carbons (Fsp3) is 0.167. The number of hydrogen-bond donors (Lipinski definition) is 1. The van der Waals surface area contributed by atoms with Gasteiger partial charge in [-0.1, -0.05) is 11.6 Å². The highest BCUT2D eigenvalue weighted by Crippen LogP contribution is 2.23. The molecule has 0 spiro atoms. The van der Waals surface area contributed by atoms with E-state index in [1.165, 1.54) is 18.3 Å². The van der Waals surface area contributed by atoms with Gasteiger partial charge in [-0.15, -0.1) is 11.3 Å². The first-order valence-electron chi connectivity index (χ1n) is 2.70. The van der Waals surface area contributed by atoms with Crippen molar-refractivity contribution in [2.75, 3.05) is 5.32 Å². The molecule has 2 nitrogen and oxygen atoms in total. The molecule has 0 aliphatic heterocycles. The molecule has 0 fully saturated rings. The molecule has 1 rings (SSSR count). The van der Waals surface area contributed by atoms with Crippen LogP contribution in [0.15, 0.2) is 11.4 Å². The Morgan fingerprint density at radius 2 is 2.50 bits per heavy atom. The molecule has 0 aromatic carbocycles. The molecule has 10 heavy (non-hydrogen) atoms. The van der Waals surface area contributed by atoms with Crippen molar-refractivity contribution >= 4 is 33.8 Å². The summed E-state index contributed by atoms with van der Waals surface area (Å²) in [4.78, 5) is 10.5. The first-order valence-corrected chi connectivity index (χ1v) is 3.96. The van der Waals surface area contributed by atoms with Crippen LogP contribution in [-0.2, 0) is 4.79 Å². The third-order valence-corrected chi connectivity index (χ3v) is 2.06. The topological polar surface area (TPSA) is 29.1 Å². The van der Waals surface area contributed by atoms with Gasteiger partial charge in [0.1, 0.15) is 0 Å². The number of anilines is 1. The van der Waals surface area contributed by atoms with Gasteiger partial charge in [-0.25, -0.2) is 0 Å². The van der Waals surface area contributed by atoms with E-state index in [9.17, 15) is 4.79 Å². The van der Waals surface area contributed by atoms with Crippen LogP contribution in [0, 0.1) is 0 Å². The third-order valence-electron chi connectivity index (χ3n) is 0.867. The van der Waals surface area contributed by atoms with Gasteiger partial charge in [0.25, 0.3) is 0 Å². The van der Waals surface area contributed by atoms with Crippen LogP contribution in [0.2, 0.25) is 5.02 Å². The fourth-order valence-corrected chi connectivity index (χ4v) is 1.56. The van der Waals surface area contributed by atoms with E-state index in [-0.39, 0.29) is 5.91 Å². The molecular weight excluding hydrogens is 170 g/mol. The van der Waals surface area contributed by atoms with Crippen molar-refractivity contribution < 1.29 is 4.79 Å². The second-order valence-corrected chi connectivity index (χ2v) is 3.16. The van der Waals surface area contributed by atoms with Crippen molar-refractivity contribution in [3.8, 4) is 0 Å². The smallest absolute Gasteiger partial charge is 0.221 e. The Labute approximate surface area is 67.8 Å². The lowest BCUT2D eigenvalue weighted by Crippen LogP contribution is -2.03. The van der Waals surface area contributed by atoms with Gasteiger partial charge < -0.3 is 5.32 Å². The van der Waals surface area contributed by atoms with Crippen LogP contribution in [0.4, 0.5) is 5.00 Å². The summed E-state index contributed by atoms with van der Waals surface area (Å²) >= 11 is 7.02. The third kappa shape index (κ3) is 2.01. The molecule has 1 aromatic rings. The zero-order valence-corrected chi connectivity index (χ0v) is 6.92. The molecule has 0 aliphatic carbocycles. The van der Waals surface area contributed by atoms with Crippen molar-refractivity contribution in [2.45, 2.75) is 6.92 Å². The van der Waals surface area contributed by atoms with Gasteiger partial charge in [0.2, 0.25) is 5.91 Å². The summed E-state index contributed by atoms with van der Waals surface area (Å²) in [5.41, 5.74) is 0. The van der Waals surface area contributed by atoms with E-state index < -0.39 is 0 Å². The lowest BCUT2D eigenvalue weighted by atomic mass is 10.6. The summed E-state index contributed by atoms with van der Waals surface area (Å²) in [6, 6.07) is 1.72. The molecule has 0 atom stereocenters. The zero-order valence-electron chi connectivity index (χ0n) is 5.35. The van der Waals surface area contributed by atoms with Crippen LogP contribution in [-0.4, -0.2) is 5.91 Å². The van der Waals surface area contributed by atoms with Crippen molar-refractivity contribution in [1.82, 2.24) is 0 Å². The molecule has 0 radical (unpaired) electrons. The van der Waals surface area contributed by atoms with E-state index in [4.69, 9.17) is 11.6 Å². The number of halogens is 1. The second kappa shape index (κ2) is 3.03. The maximum atomic E-state index is 10.5. The summed E-state index contributed by atoms with van der Waals surface area (Å²) in [5, 5.41) is 5.84. The maximum absolute atomic E-state index is 10.5. The summed E-state index contributed by atoms with van der Waals surface area (Å²) in [7, 11) is 0. The Hall–Kier alpha value is -0.540. The predicted octanol–water partition coefficient (Wildman–Crippen LogP) is 2.36. The quantitative estimate of drug-likeness (QED) is 0.698. The number of carbonyl (C=O) groups excluding carboxylic acids is 1. The second-order valence-electron chi connectivity index (χ2n) is 1.81. The van der Waals surface area contributed by atoms with Crippen LogP contribution < -0.4 is 5.32 Å². The molecular formula is C6H6ClNOS. The molecule has 0 saturated heterocycles. The molecule has 4 heteroatoms. The van der Waals surface area contributed by atoms with Crippen LogP contribution in [0.3, 0.4) is 0 Å². The van der Waals surface area contributed by atoms with Gasteiger partial charge in [-0.05, 0) is 6.07 Å². The average molecular weight is 176 g/mol. The Morgan fingerprint density at radius 3 is 2.90 bits per heavy atom. The van der Waals surface area contributed by atoms with Gasteiger partial charge in [0.15, 0.2) is 0 Å². The van der Waals surface area contributed by atoms with Gasteiger partial charge in [0, 0.05) is 12.3 Å². The van der Waals surface area contributed by atoms with Crippen molar-refractivity contribution in [3.63, 3.8) is 0 Å². The average Bonchev–Trinajstić information content (AvgIpc) is 2.13. The minimum absolute atomic E-state index is 0.0708. The monoisotopic (exact) mass is 175 g/mol. The highest BCUT2D eigenvalue weighted by Gasteiger charge is 1.97. The van der Waals surface area contributed by atoms with Gasteiger partial charge in [0.05, 0.1) is 10.0 Å². The van der Waals surface area contributed by atoms with E-state index in [0.717, 1.165) is 5.00 Å². The standard InChI is InChI=1S/C6H6ClNOS/c1-4(9)8-6-2-5(7)3-10-6/h2-3H,1H3,(H,8,9). The Bertz CT molecular complexity index is 246. The first kappa shape index (κ1) is 7.57. The van der Waals surface area contributed by atoms with Crippen LogP contribution in [0.5, 0.6) is 0 Å². The van der Waals surface area contributed by atoms with Gasteiger partial charge in [-0.2, -0.15) is 0 Å². The largest absolute Gasteiger partial charge is 0.318 e. The molecule has 1 N–H and O–H groups in total. The van der Waals surface area contributed by atoms with Gasteiger partial charge in [-0.3, -0.25) is 4.79 Å². The molecule has 0 unspecified atom stereocenters. The fourth-order valence-electron chi connectivity index (χ4n) is 0.552. The Kier molecular flexibility index (Phi) is 2.29. The molecule has 1 aromatic heterocycles. The molecule has 1 heterocycles. The summed E-state index contributed by atoms with van der Waals surface area (Å²) in [6.07, 6.45) is 0. The van der Waals surface area contributed by atoms with Crippen molar-refractivity contribution in [1.29, 1.82) is 0 Å². The molecule has 0 bridgehead atoms. The molecule has 0 aliphatic rings. The lowest BCUT2D eigenvalue weighted by molar-refractivity contribution is -0.114. The molecule has 54 valence electrons. The summed E-state index contributed by atoms with van der Waals surface area (Å²) in [5.74, 6) is -0.0708. The summed E-state index contributed by atoms with van der Waals surface area (Å²) < 4.78 is 0. The minimum Gasteiger partial charge on any atom is -0.318 e. The number of amides is 1. The lowest BCUT2D eigenvalue weighted by Gasteiger charge is -1.92. The Balaban J connectivity index is 2.67. The van der Waals surface area contributed by atoms with Gasteiger partial charge >= 0.3 is 0 Å². The van der Waals surface area contributed by atoms with Crippen LogP contribution in [0.25, 0.3) is 0 Å². The van der Waals surface area contributed by atoms with E-state index in [2.05, 4.69) is 5.32 Å². The van der Waals surface area contributed by atoms with Crippen molar-refractivity contribution in [2.24, 2.45) is 0 Å². The SMILES string of the molecule is CC(=O)Nc1cc(Cl)cs1. The number of nitrogens with one attached hydrogen (secondary N) is 1. The van der Waals surface area contributed by atoms with E-state index >= 15 is 0 Å². The number of hydrogen-bond acceptors (Lipinski definition) is 2. The van der Waals surface area contributed by atoms with Crippen LogP contribution in [0.1, 0.15) is 6.92 Å². The number of thiophene rings is 1. The molecule has 0 saturated carbocycles. The number of carbonyl (C=O) groups is 1. The van der Waals surface area contributed by atoms with E-state index in [1.54, 1.807) is 11.4 Å². The predicted molar refractivity (Wildman–Crippen MR) is 43.6 cm³/mol.